The average molecular weight is 785 g/mol. The van der Waals surface area contributed by atoms with E-state index < -0.39 is 0 Å². The first-order valence-electron chi connectivity index (χ1n) is 19.3. The van der Waals surface area contributed by atoms with Gasteiger partial charge in [-0.15, -0.1) is 0 Å². The summed E-state index contributed by atoms with van der Waals surface area (Å²) in [6.07, 6.45) is 4.17. The highest BCUT2D eigenvalue weighted by Gasteiger charge is 2.18. The third-order valence-corrected chi connectivity index (χ3v) is 10.1. The first-order valence-corrected chi connectivity index (χ1v) is 19.3. The molecule has 12 nitrogen and oxygen atoms in total. The van der Waals surface area contributed by atoms with E-state index in [2.05, 4.69) is 110 Å². The smallest absolute Gasteiger partial charge is 0.258 e. The topological polar surface area (TPSA) is 137 Å². The summed E-state index contributed by atoms with van der Waals surface area (Å²) in [4.78, 5) is 20.2. The van der Waals surface area contributed by atoms with Gasteiger partial charge < -0.3 is 28.7 Å². The quantitative estimate of drug-likeness (QED) is 0.0991. The van der Waals surface area contributed by atoms with Crippen LogP contribution in [0.2, 0.25) is 0 Å². The second-order valence-corrected chi connectivity index (χ2v) is 14.3. The summed E-state index contributed by atoms with van der Waals surface area (Å²) in [6.45, 7) is 3.42. The molecule has 0 saturated heterocycles. The molecule has 0 saturated carbocycles. The van der Waals surface area contributed by atoms with Crippen molar-refractivity contribution in [3.8, 4) is 67.9 Å². The third kappa shape index (κ3) is 8.64. The number of ether oxygens (including phenoxy) is 2. The van der Waals surface area contributed by atoms with Gasteiger partial charge in [0.2, 0.25) is 11.6 Å². The average Bonchev–Trinajstić information content (AvgIpc) is 3.98. The Morgan fingerprint density at radius 2 is 1.19 bits per heavy atom. The molecule has 0 aliphatic heterocycles. The number of nitrogens with one attached hydrogen (secondary N) is 1. The predicted molar refractivity (Wildman–Crippen MR) is 229 cm³/mol. The van der Waals surface area contributed by atoms with Crippen molar-refractivity contribution in [2.24, 2.45) is 0 Å². The summed E-state index contributed by atoms with van der Waals surface area (Å²) in [5, 5.41) is 11.5. The summed E-state index contributed by atoms with van der Waals surface area (Å²) < 4.78 is 23.6. The lowest BCUT2D eigenvalue weighted by Gasteiger charge is -2.16. The number of aryl methyl sites for hydroxylation is 1. The fraction of sp³-hybridized carbons (Fsp3) is 0.191. The highest BCUT2D eigenvalue weighted by Crippen LogP contribution is 2.34. The fourth-order valence-corrected chi connectivity index (χ4v) is 6.99. The molecule has 0 amide bonds. The van der Waals surface area contributed by atoms with E-state index in [0.29, 0.717) is 49.7 Å². The van der Waals surface area contributed by atoms with E-state index >= 15 is 0 Å². The Bertz CT molecular complexity index is 2670. The van der Waals surface area contributed by atoms with Crippen molar-refractivity contribution in [2.45, 2.75) is 26.6 Å². The molecule has 0 bridgehead atoms. The second-order valence-electron chi connectivity index (χ2n) is 14.3. The normalized spacial score (nSPS) is 11.2. The van der Waals surface area contributed by atoms with E-state index in [1.54, 1.807) is 19.5 Å². The van der Waals surface area contributed by atoms with Crippen molar-refractivity contribution >= 4 is 11.6 Å². The first kappa shape index (κ1) is 38.8. The molecule has 12 heteroatoms. The van der Waals surface area contributed by atoms with Gasteiger partial charge in [-0.25, -0.2) is 9.97 Å². The van der Waals surface area contributed by atoms with Gasteiger partial charge in [0, 0.05) is 62.9 Å². The Balaban J connectivity index is 1.00. The van der Waals surface area contributed by atoms with Gasteiger partial charge in [-0.05, 0) is 106 Å². The van der Waals surface area contributed by atoms with Crippen LogP contribution in [0.3, 0.4) is 0 Å². The highest BCUT2D eigenvalue weighted by atomic mass is 16.5. The summed E-state index contributed by atoms with van der Waals surface area (Å²) in [6, 6.07) is 36.8. The van der Waals surface area contributed by atoms with Gasteiger partial charge in [0.25, 0.3) is 11.8 Å². The molecule has 0 unspecified atom stereocenters. The van der Waals surface area contributed by atoms with Crippen LogP contribution in [-0.4, -0.2) is 65.1 Å². The second kappa shape index (κ2) is 17.6. The molecule has 0 fully saturated rings. The maximum atomic E-state index is 6.48. The zero-order chi connectivity index (χ0) is 40.7. The van der Waals surface area contributed by atoms with E-state index in [0.717, 1.165) is 72.8 Å². The fourth-order valence-electron chi connectivity index (χ4n) is 6.99. The van der Waals surface area contributed by atoms with E-state index in [1.165, 1.54) is 5.56 Å². The van der Waals surface area contributed by atoms with Crippen LogP contribution in [-0.2, 0) is 29.1 Å². The predicted octanol–water partition coefficient (Wildman–Crippen LogP) is 9.57. The summed E-state index contributed by atoms with van der Waals surface area (Å²) >= 11 is 0. The Morgan fingerprint density at radius 3 is 1.78 bits per heavy atom. The van der Waals surface area contributed by atoms with Crippen molar-refractivity contribution in [1.82, 2.24) is 30.2 Å². The Labute approximate surface area is 342 Å². The van der Waals surface area contributed by atoms with Crippen LogP contribution in [0, 0.1) is 6.92 Å². The molecule has 1 N–H and O–H groups in total. The largest absolute Gasteiger partial charge is 0.380 e. The third-order valence-electron chi connectivity index (χ3n) is 10.1. The van der Waals surface area contributed by atoms with Crippen molar-refractivity contribution < 1.29 is 18.5 Å². The van der Waals surface area contributed by atoms with Crippen LogP contribution < -0.4 is 10.2 Å². The van der Waals surface area contributed by atoms with Gasteiger partial charge >= 0.3 is 0 Å². The molecule has 0 atom stereocenters. The standard InChI is InChI=1S/C47H44N8O4/c1-30-10-6-8-12-38(30)40-18-14-33(47-51-44(53-59-47)34-16-20-42(48-2)49-26-34)25-37(40)29-57-23-22-31-11-7-9-13-39(31)41-19-15-32(24-36(41)28-56-5)46-52-45(54-58-46)35-17-21-43(50-27-35)55(3)4/h6-21,24-27H,22-23,28-29H2,1-5H3,(H,48,49). The lowest BCUT2D eigenvalue weighted by molar-refractivity contribution is 0.124. The van der Waals surface area contributed by atoms with Crippen LogP contribution >= 0.6 is 0 Å². The number of benzene rings is 4. The number of nitrogens with zero attached hydrogens (tertiary/aromatic N) is 7. The van der Waals surface area contributed by atoms with Crippen LogP contribution in [0.5, 0.6) is 0 Å². The summed E-state index contributed by atoms with van der Waals surface area (Å²) in [7, 11) is 7.42. The summed E-state index contributed by atoms with van der Waals surface area (Å²) in [5.41, 5.74) is 11.9. The van der Waals surface area contributed by atoms with E-state index in [9.17, 15) is 0 Å². The van der Waals surface area contributed by atoms with Crippen molar-refractivity contribution in [3.05, 3.63) is 144 Å². The van der Waals surface area contributed by atoms with Crippen LogP contribution in [0.25, 0.3) is 67.9 Å². The molecule has 4 aromatic carbocycles. The Kier molecular flexibility index (Phi) is 11.6. The number of anilines is 2. The summed E-state index contributed by atoms with van der Waals surface area (Å²) in [5.74, 6) is 3.41. The highest BCUT2D eigenvalue weighted by molar-refractivity contribution is 5.75. The molecule has 0 aliphatic rings. The lowest BCUT2D eigenvalue weighted by atomic mass is 9.93. The SMILES string of the molecule is CNc1ccc(-c2noc(-c3ccc(-c4ccccc4C)c(COCCc4ccccc4-c4ccc(-c5nc(-c6ccc(N(C)C)nc6)no5)cc4COC)c3)n2)cn1. The number of hydrogen-bond donors (Lipinski definition) is 1. The van der Waals surface area contributed by atoms with Crippen molar-refractivity contribution in [3.63, 3.8) is 0 Å². The van der Waals surface area contributed by atoms with Gasteiger partial charge in [-0.1, -0.05) is 71.0 Å². The molecule has 0 aliphatic carbocycles. The van der Waals surface area contributed by atoms with Gasteiger partial charge in [-0.3, -0.25) is 0 Å². The molecule has 0 radical (unpaired) electrons. The Hall–Kier alpha value is -7.02. The molecule has 4 aromatic heterocycles. The minimum atomic E-state index is 0.391. The zero-order valence-corrected chi connectivity index (χ0v) is 33.6. The number of methoxy groups -OCH3 is 1. The number of pyridine rings is 2. The zero-order valence-electron chi connectivity index (χ0n) is 33.6. The number of hydrogen-bond acceptors (Lipinski definition) is 12. The van der Waals surface area contributed by atoms with E-state index in [1.807, 2.05) is 62.4 Å². The minimum Gasteiger partial charge on any atom is -0.380 e. The minimum absolute atomic E-state index is 0.391. The number of rotatable bonds is 15. The molecule has 4 heterocycles. The maximum Gasteiger partial charge on any atom is 0.258 e. The van der Waals surface area contributed by atoms with Crippen molar-refractivity contribution in [2.75, 3.05) is 45.1 Å². The van der Waals surface area contributed by atoms with E-state index in [4.69, 9.17) is 23.5 Å². The first-order chi connectivity index (χ1) is 28.9. The van der Waals surface area contributed by atoms with Gasteiger partial charge in [0.05, 0.1) is 19.8 Å². The molecular weight excluding hydrogens is 741 g/mol. The van der Waals surface area contributed by atoms with Crippen LogP contribution in [0.15, 0.2) is 131 Å². The van der Waals surface area contributed by atoms with Crippen LogP contribution in [0.1, 0.15) is 22.3 Å². The van der Waals surface area contributed by atoms with Crippen molar-refractivity contribution in [1.29, 1.82) is 0 Å². The molecule has 8 rings (SSSR count). The molecule has 296 valence electrons. The monoisotopic (exact) mass is 784 g/mol. The molecule has 59 heavy (non-hydrogen) atoms. The Morgan fingerprint density at radius 1 is 0.610 bits per heavy atom. The number of aromatic nitrogens is 6. The van der Waals surface area contributed by atoms with Crippen LogP contribution in [0.4, 0.5) is 11.6 Å². The maximum absolute atomic E-state index is 6.48. The molecule has 8 aromatic rings. The molecular formula is C47H44N8O4. The van der Waals surface area contributed by atoms with Gasteiger partial charge in [0.15, 0.2) is 0 Å². The molecule has 0 spiro atoms. The van der Waals surface area contributed by atoms with E-state index in [-0.39, 0.29) is 0 Å². The van der Waals surface area contributed by atoms with Gasteiger partial charge in [0.1, 0.15) is 11.6 Å². The lowest BCUT2D eigenvalue weighted by Crippen LogP contribution is -2.10. The van der Waals surface area contributed by atoms with Gasteiger partial charge in [-0.2, -0.15) is 9.97 Å².